The SMILES string of the molecule is CCc1nc(Cc2ccc(Cl)cc2)sc1CNCC(C)C. The summed E-state index contributed by atoms with van der Waals surface area (Å²) in [5.74, 6) is 0.677. The Hall–Kier alpha value is -0.900. The van der Waals surface area contributed by atoms with E-state index in [-0.39, 0.29) is 0 Å². The van der Waals surface area contributed by atoms with Crippen LogP contribution in [0.4, 0.5) is 0 Å². The van der Waals surface area contributed by atoms with Gasteiger partial charge in [0.05, 0.1) is 10.7 Å². The molecule has 1 N–H and O–H groups in total. The highest BCUT2D eigenvalue weighted by atomic mass is 35.5. The molecule has 0 unspecified atom stereocenters. The van der Waals surface area contributed by atoms with Crippen LogP contribution in [0.15, 0.2) is 24.3 Å². The minimum absolute atomic E-state index is 0.677. The van der Waals surface area contributed by atoms with Crippen molar-refractivity contribution >= 4 is 22.9 Å². The van der Waals surface area contributed by atoms with E-state index in [1.54, 1.807) is 0 Å². The molecule has 21 heavy (non-hydrogen) atoms. The van der Waals surface area contributed by atoms with Crippen molar-refractivity contribution in [2.45, 2.75) is 40.2 Å². The standard InChI is InChI=1S/C17H23ClN2S/c1-4-15-16(11-19-10-12(2)3)21-17(20-15)9-13-5-7-14(18)8-6-13/h5-8,12,19H,4,9-11H2,1-3H3. The van der Waals surface area contributed by atoms with Crippen LogP contribution in [-0.4, -0.2) is 11.5 Å². The molecular formula is C17H23ClN2S. The van der Waals surface area contributed by atoms with Gasteiger partial charge in [-0.2, -0.15) is 0 Å². The second-order valence-electron chi connectivity index (χ2n) is 5.66. The molecule has 1 aromatic heterocycles. The molecule has 0 amide bonds. The highest BCUT2D eigenvalue weighted by Crippen LogP contribution is 2.22. The number of rotatable bonds is 7. The molecule has 1 heterocycles. The first-order valence-corrected chi connectivity index (χ1v) is 8.70. The summed E-state index contributed by atoms with van der Waals surface area (Å²) in [7, 11) is 0. The third-order valence-corrected chi connectivity index (χ3v) is 4.61. The highest BCUT2D eigenvalue weighted by molar-refractivity contribution is 7.11. The van der Waals surface area contributed by atoms with Gasteiger partial charge < -0.3 is 5.32 Å². The fourth-order valence-electron chi connectivity index (χ4n) is 2.18. The zero-order valence-corrected chi connectivity index (χ0v) is 14.5. The van der Waals surface area contributed by atoms with Gasteiger partial charge in [0.1, 0.15) is 0 Å². The van der Waals surface area contributed by atoms with Crippen molar-refractivity contribution in [1.29, 1.82) is 0 Å². The van der Waals surface area contributed by atoms with Gasteiger partial charge in [-0.05, 0) is 36.6 Å². The lowest BCUT2D eigenvalue weighted by molar-refractivity contribution is 0.553. The Balaban J connectivity index is 2.03. The summed E-state index contributed by atoms with van der Waals surface area (Å²) >= 11 is 7.76. The van der Waals surface area contributed by atoms with E-state index in [0.29, 0.717) is 5.92 Å². The van der Waals surface area contributed by atoms with Crippen LogP contribution in [0.5, 0.6) is 0 Å². The Labute approximate surface area is 136 Å². The predicted molar refractivity (Wildman–Crippen MR) is 92.3 cm³/mol. The number of aromatic nitrogens is 1. The van der Waals surface area contributed by atoms with Crippen LogP contribution in [0.2, 0.25) is 5.02 Å². The topological polar surface area (TPSA) is 24.9 Å². The Morgan fingerprint density at radius 3 is 2.57 bits per heavy atom. The second-order valence-corrected chi connectivity index (χ2v) is 7.26. The number of hydrogen-bond donors (Lipinski definition) is 1. The molecule has 2 aromatic rings. The summed E-state index contributed by atoms with van der Waals surface area (Å²) in [4.78, 5) is 6.17. The molecule has 0 saturated heterocycles. The fraction of sp³-hybridized carbons (Fsp3) is 0.471. The molecule has 2 rings (SSSR count). The molecule has 4 heteroatoms. The van der Waals surface area contributed by atoms with Crippen molar-refractivity contribution in [2.24, 2.45) is 5.92 Å². The monoisotopic (exact) mass is 322 g/mol. The van der Waals surface area contributed by atoms with Crippen molar-refractivity contribution < 1.29 is 0 Å². The number of benzene rings is 1. The third-order valence-electron chi connectivity index (χ3n) is 3.26. The average molecular weight is 323 g/mol. The van der Waals surface area contributed by atoms with Gasteiger partial charge in [0.25, 0.3) is 0 Å². The van der Waals surface area contributed by atoms with E-state index in [2.05, 4.69) is 38.2 Å². The molecule has 0 atom stereocenters. The molecule has 0 spiro atoms. The minimum Gasteiger partial charge on any atom is -0.312 e. The zero-order chi connectivity index (χ0) is 15.2. The first-order valence-electron chi connectivity index (χ1n) is 7.51. The summed E-state index contributed by atoms with van der Waals surface area (Å²) in [5, 5.41) is 5.49. The van der Waals surface area contributed by atoms with E-state index in [0.717, 1.165) is 31.0 Å². The molecule has 0 bridgehead atoms. The number of halogens is 1. The maximum Gasteiger partial charge on any atom is 0.0975 e. The van der Waals surface area contributed by atoms with E-state index in [1.165, 1.54) is 21.1 Å². The molecule has 0 saturated carbocycles. The normalized spacial score (nSPS) is 11.3. The molecule has 0 radical (unpaired) electrons. The Morgan fingerprint density at radius 2 is 1.95 bits per heavy atom. The van der Waals surface area contributed by atoms with Crippen LogP contribution < -0.4 is 5.32 Å². The summed E-state index contributed by atoms with van der Waals surface area (Å²) < 4.78 is 0. The van der Waals surface area contributed by atoms with Gasteiger partial charge in [-0.1, -0.05) is 44.5 Å². The molecule has 2 nitrogen and oxygen atoms in total. The van der Waals surface area contributed by atoms with Gasteiger partial charge in [-0.3, -0.25) is 0 Å². The van der Waals surface area contributed by atoms with Crippen LogP contribution in [0, 0.1) is 5.92 Å². The Kier molecular flexibility index (Phi) is 6.22. The van der Waals surface area contributed by atoms with Gasteiger partial charge in [0.2, 0.25) is 0 Å². The van der Waals surface area contributed by atoms with Crippen molar-refractivity contribution in [3.05, 3.63) is 50.4 Å². The average Bonchev–Trinajstić information content (AvgIpc) is 2.83. The molecule has 0 aliphatic carbocycles. The molecule has 114 valence electrons. The summed E-state index contributed by atoms with van der Waals surface area (Å²) in [5.41, 5.74) is 2.50. The summed E-state index contributed by atoms with van der Waals surface area (Å²) in [6, 6.07) is 8.03. The van der Waals surface area contributed by atoms with Crippen molar-refractivity contribution in [2.75, 3.05) is 6.54 Å². The Morgan fingerprint density at radius 1 is 1.24 bits per heavy atom. The molecular weight excluding hydrogens is 300 g/mol. The van der Waals surface area contributed by atoms with Crippen LogP contribution in [-0.2, 0) is 19.4 Å². The van der Waals surface area contributed by atoms with Gasteiger partial charge in [-0.25, -0.2) is 4.98 Å². The predicted octanol–water partition coefficient (Wildman–Crippen LogP) is 4.70. The van der Waals surface area contributed by atoms with Crippen LogP contribution in [0.1, 0.15) is 41.9 Å². The first kappa shape index (κ1) is 16.5. The van der Waals surface area contributed by atoms with E-state index in [4.69, 9.17) is 16.6 Å². The van der Waals surface area contributed by atoms with E-state index in [9.17, 15) is 0 Å². The quantitative estimate of drug-likeness (QED) is 0.799. The van der Waals surface area contributed by atoms with Gasteiger partial charge in [-0.15, -0.1) is 11.3 Å². The lowest BCUT2D eigenvalue weighted by Gasteiger charge is -2.06. The van der Waals surface area contributed by atoms with Crippen molar-refractivity contribution in [3.8, 4) is 0 Å². The minimum atomic E-state index is 0.677. The number of nitrogens with zero attached hydrogens (tertiary/aromatic N) is 1. The second kappa shape index (κ2) is 7.92. The third kappa shape index (κ3) is 5.10. The lowest BCUT2D eigenvalue weighted by Crippen LogP contribution is -2.18. The number of hydrogen-bond acceptors (Lipinski definition) is 3. The lowest BCUT2D eigenvalue weighted by atomic mass is 10.2. The first-order chi connectivity index (χ1) is 10.1. The molecule has 0 aliphatic heterocycles. The zero-order valence-electron chi connectivity index (χ0n) is 12.9. The molecule has 0 aliphatic rings. The number of aryl methyl sites for hydroxylation is 1. The Bertz CT molecular complexity index is 561. The number of thiazole rings is 1. The van der Waals surface area contributed by atoms with E-state index < -0.39 is 0 Å². The van der Waals surface area contributed by atoms with Crippen LogP contribution >= 0.6 is 22.9 Å². The largest absolute Gasteiger partial charge is 0.312 e. The van der Waals surface area contributed by atoms with Crippen LogP contribution in [0.3, 0.4) is 0 Å². The van der Waals surface area contributed by atoms with Crippen molar-refractivity contribution in [1.82, 2.24) is 10.3 Å². The van der Waals surface area contributed by atoms with Gasteiger partial charge in [0.15, 0.2) is 0 Å². The maximum absolute atomic E-state index is 5.93. The van der Waals surface area contributed by atoms with Crippen LogP contribution in [0.25, 0.3) is 0 Å². The fourth-order valence-corrected chi connectivity index (χ4v) is 3.47. The van der Waals surface area contributed by atoms with E-state index >= 15 is 0 Å². The summed E-state index contributed by atoms with van der Waals surface area (Å²) in [6.07, 6.45) is 1.88. The van der Waals surface area contributed by atoms with Gasteiger partial charge >= 0.3 is 0 Å². The highest BCUT2D eigenvalue weighted by Gasteiger charge is 2.10. The maximum atomic E-state index is 5.93. The molecule has 0 fully saturated rings. The van der Waals surface area contributed by atoms with E-state index in [1.807, 2.05) is 23.5 Å². The van der Waals surface area contributed by atoms with Crippen molar-refractivity contribution in [3.63, 3.8) is 0 Å². The number of nitrogens with one attached hydrogen (secondary N) is 1. The summed E-state index contributed by atoms with van der Waals surface area (Å²) in [6.45, 7) is 8.61. The molecule has 1 aromatic carbocycles. The smallest absolute Gasteiger partial charge is 0.0975 e. The van der Waals surface area contributed by atoms with Gasteiger partial charge in [0, 0.05) is 22.9 Å².